The monoisotopic (exact) mass is 366 g/mol. The summed E-state index contributed by atoms with van der Waals surface area (Å²) in [4.78, 5) is 27.7. The van der Waals surface area contributed by atoms with Gasteiger partial charge in [-0.2, -0.15) is 0 Å². The van der Waals surface area contributed by atoms with E-state index in [-0.39, 0.29) is 17.9 Å². The van der Waals surface area contributed by atoms with E-state index in [1.807, 2.05) is 63.2 Å². The van der Waals surface area contributed by atoms with Crippen molar-refractivity contribution in [1.82, 2.24) is 10.2 Å². The first-order valence-electron chi connectivity index (χ1n) is 9.47. The fraction of sp³-hybridized carbons (Fsp3) is 0.364. The van der Waals surface area contributed by atoms with Gasteiger partial charge in [0.2, 0.25) is 5.91 Å². The summed E-state index contributed by atoms with van der Waals surface area (Å²) in [6, 6.07) is 14.4. The molecule has 1 heterocycles. The maximum Gasteiger partial charge on any atom is 0.255 e. The van der Waals surface area contributed by atoms with Crippen molar-refractivity contribution in [2.24, 2.45) is 0 Å². The maximum atomic E-state index is 13.0. The highest BCUT2D eigenvalue weighted by molar-refractivity contribution is 6.04. The molecule has 142 valence electrons. The van der Waals surface area contributed by atoms with Gasteiger partial charge in [-0.1, -0.05) is 43.3 Å². The Morgan fingerprint density at radius 2 is 1.85 bits per heavy atom. The van der Waals surface area contributed by atoms with Crippen LogP contribution in [0.4, 0.5) is 0 Å². The predicted octanol–water partition coefficient (Wildman–Crippen LogP) is 3.70. The molecule has 0 radical (unpaired) electrons. The first kappa shape index (κ1) is 19.0. The van der Waals surface area contributed by atoms with Crippen LogP contribution in [0.5, 0.6) is 5.75 Å². The van der Waals surface area contributed by atoms with Crippen molar-refractivity contribution in [3.8, 4) is 5.75 Å². The topological polar surface area (TPSA) is 58.6 Å². The minimum Gasteiger partial charge on any atom is -0.494 e. The third kappa shape index (κ3) is 3.82. The largest absolute Gasteiger partial charge is 0.494 e. The zero-order valence-corrected chi connectivity index (χ0v) is 16.1. The molecule has 0 saturated carbocycles. The van der Waals surface area contributed by atoms with Crippen LogP contribution in [0.15, 0.2) is 48.5 Å². The van der Waals surface area contributed by atoms with E-state index in [4.69, 9.17) is 4.74 Å². The Morgan fingerprint density at radius 1 is 1.15 bits per heavy atom. The number of ether oxygens (including phenoxy) is 1. The van der Waals surface area contributed by atoms with Gasteiger partial charge in [-0.05, 0) is 38.0 Å². The molecule has 3 rings (SSSR count). The third-order valence-electron chi connectivity index (χ3n) is 4.92. The fourth-order valence-electron chi connectivity index (χ4n) is 3.35. The lowest BCUT2D eigenvalue weighted by Gasteiger charge is -2.26. The Morgan fingerprint density at radius 3 is 2.59 bits per heavy atom. The normalized spacial score (nSPS) is 16.8. The number of fused-ring (bicyclic) bond motifs is 1. The number of benzene rings is 2. The number of hydrogen-bond donors (Lipinski definition) is 1. The molecule has 0 fully saturated rings. The highest BCUT2D eigenvalue weighted by atomic mass is 16.5. The molecule has 1 aliphatic rings. The summed E-state index contributed by atoms with van der Waals surface area (Å²) < 4.78 is 5.70. The van der Waals surface area contributed by atoms with Gasteiger partial charge in [0.15, 0.2) is 0 Å². The van der Waals surface area contributed by atoms with Crippen LogP contribution < -0.4 is 10.1 Å². The van der Waals surface area contributed by atoms with E-state index in [2.05, 4.69) is 5.32 Å². The van der Waals surface area contributed by atoms with Gasteiger partial charge in [-0.15, -0.1) is 0 Å². The Hall–Kier alpha value is -2.82. The maximum absolute atomic E-state index is 13.0. The van der Waals surface area contributed by atoms with Gasteiger partial charge in [0.25, 0.3) is 5.91 Å². The van der Waals surface area contributed by atoms with E-state index in [1.54, 1.807) is 11.0 Å². The molecule has 2 aromatic rings. The molecule has 2 aromatic carbocycles. The average molecular weight is 366 g/mol. The average Bonchev–Trinajstić information content (AvgIpc) is 2.95. The van der Waals surface area contributed by atoms with Gasteiger partial charge in [0.05, 0.1) is 13.2 Å². The number of para-hydroxylation sites is 1. The molecule has 0 unspecified atom stereocenters. The van der Waals surface area contributed by atoms with Crippen LogP contribution in [0, 0.1) is 0 Å². The number of carbonyl (C=O) groups excluding carboxylic acids is 2. The second-order valence-corrected chi connectivity index (χ2v) is 6.78. The Balaban J connectivity index is 1.95. The van der Waals surface area contributed by atoms with Gasteiger partial charge >= 0.3 is 0 Å². The Kier molecular flexibility index (Phi) is 5.79. The molecule has 0 saturated heterocycles. The van der Waals surface area contributed by atoms with Crippen molar-refractivity contribution >= 4 is 11.8 Å². The van der Waals surface area contributed by atoms with Crippen molar-refractivity contribution in [1.29, 1.82) is 0 Å². The van der Waals surface area contributed by atoms with Crippen LogP contribution in [0.2, 0.25) is 0 Å². The van der Waals surface area contributed by atoms with E-state index in [0.717, 1.165) is 23.3 Å². The molecular weight excluding hydrogens is 340 g/mol. The minimum absolute atomic E-state index is 0.0536. The van der Waals surface area contributed by atoms with E-state index in [9.17, 15) is 9.59 Å². The fourth-order valence-corrected chi connectivity index (χ4v) is 3.35. The van der Waals surface area contributed by atoms with Gasteiger partial charge in [-0.25, -0.2) is 0 Å². The van der Waals surface area contributed by atoms with Gasteiger partial charge in [0, 0.05) is 17.2 Å². The number of carbonyl (C=O) groups is 2. The predicted molar refractivity (Wildman–Crippen MR) is 105 cm³/mol. The summed E-state index contributed by atoms with van der Waals surface area (Å²) in [7, 11) is 0. The van der Waals surface area contributed by atoms with Gasteiger partial charge in [-0.3, -0.25) is 9.59 Å². The van der Waals surface area contributed by atoms with Crippen LogP contribution in [0.1, 0.15) is 54.7 Å². The zero-order chi connectivity index (χ0) is 19.4. The van der Waals surface area contributed by atoms with Crippen molar-refractivity contribution in [2.45, 2.75) is 45.8 Å². The van der Waals surface area contributed by atoms with E-state index in [1.165, 1.54) is 0 Å². The number of rotatable bonds is 7. The molecule has 0 aliphatic carbocycles. The van der Waals surface area contributed by atoms with Gasteiger partial charge in [0.1, 0.15) is 11.8 Å². The third-order valence-corrected chi connectivity index (χ3v) is 4.92. The number of hydrogen-bond acceptors (Lipinski definition) is 3. The SMILES string of the molecule is CCOc1ccccc1CN1C(=O)c2ccccc2[C@@H]1C(=O)N[C@H](C)CC. The summed E-state index contributed by atoms with van der Waals surface area (Å²) in [5.74, 6) is 0.475. The number of nitrogens with one attached hydrogen (secondary N) is 1. The first-order chi connectivity index (χ1) is 13.1. The summed E-state index contributed by atoms with van der Waals surface area (Å²) in [6.07, 6.45) is 0.835. The van der Waals surface area contributed by atoms with Crippen molar-refractivity contribution in [3.05, 3.63) is 65.2 Å². The van der Waals surface area contributed by atoms with E-state index < -0.39 is 6.04 Å². The second kappa shape index (κ2) is 8.25. The summed E-state index contributed by atoms with van der Waals surface area (Å²) in [6.45, 7) is 6.78. The van der Waals surface area contributed by atoms with Crippen LogP contribution in [0.25, 0.3) is 0 Å². The van der Waals surface area contributed by atoms with Crippen LogP contribution in [0.3, 0.4) is 0 Å². The molecule has 1 N–H and O–H groups in total. The number of amides is 2. The molecular formula is C22H26N2O3. The molecule has 0 bridgehead atoms. The lowest BCUT2D eigenvalue weighted by atomic mass is 10.0. The minimum atomic E-state index is -0.627. The molecule has 5 heteroatoms. The molecule has 0 aromatic heterocycles. The summed E-state index contributed by atoms with van der Waals surface area (Å²) >= 11 is 0. The van der Waals surface area contributed by atoms with Crippen LogP contribution in [-0.2, 0) is 11.3 Å². The molecule has 2 atom stereocenters. The van der Waals surface area contributed by atoms with Gasteiger partial charge < -0.3 is 15.0 Å². The lowest BCUT2D eigenvalue weighted by molar-refractivity contribution is -0.126. The van der Waals surface area contributed by atoms with E-state index >= 15 is 0 Å². The number of nitrogens with zero attached hydrogens (tertiary/aromatic N) is 1. The summed E-state index contributed by atoms with van der Waals surface area (Å²) in [5, 5.41) is 3.02. The highest BCUT2D eigenvalue weighted by Crippen LogP contribution is 2.36. The van der Waals surface area contributed by atoms with E-state index in [0.29, 0.717) is 18.7 Å². The van der Waals surface area contributed by atoms with Crippen LogP contribution >= 0.6 is 0 Å². The summed E-state index contributed by atoms with van der Waals surface area (Å²) in [5.41, 5.74) is 2.25. The first-order valence-corrected chi connectivity index (χ1v) is 9.47. The zero-order valence-electron chi connectivity index (χ0n) is 16.1. The molecule has 0 spiro atoms. The standard InChI is InChI=1S/C22H26N2O3/c1-4-15(3)23-21(25)20-17-11-7-8-12-18(17)22(26)24(20)14-16-10-6-9-13-19(16)27-5-2/h6-13,15,20H,4-5,14H2,1-3H3,(H,23,25)/t15-,20-/m1/s1. The molecule has 27 heavy (non-hydrogen) atoms. The second-order valence-electron chi connectivity index (χ2n) is 6.78. The Labute approximate surface area is 160 Å². The van der Waals surface area contributed by atoms with Crippen molar-refractivity contribution in [3.63, 3.8) is 0 Å². The quantitative estimate of drug-likeness (QED) is 0.813. The molecule has 2 amide bonds. The molecule has 5 nitrogen and oxygen atoms in total. The Bertz CT molecular complexity index is 834. The highest BCUT2D eigenvalue weighted by Gasteiger charge is 2.41. The van der Waals surface area contributed by atoms with Crippen molar-refractivity contribution in [2.75, 3.05) is 6.61 Å². The van der Waals surface area contributed by atoms with Crippen LogP contribution in [-0.4, -0.2) is 29.4 Å². The molecule has 1 aliphatic heterocycles. The van der Waals surface area contributed by atoms with Crippen molar-refractivity contribution < 1.29 is 14.3 Å². The smallest absolute Gasteiger partial charge is 0.255 e. The lowest BCUT2D eigenvalue weighted by Crippen LogP contribution is -2.42.